The lowest BCUT2D eigenvalue weighted by Crippen LogP contribution is -2.45. The first-order chi connectivity index (χ1) is 19.7. The van der Waals surface area contributed by atoms with E-state index in [1.807, 2.05) is 24.3 Å². The van der Waals surface area contributed by atoms with E-state index in [0.717, 1.165) is 47.5 Å². The summed E-state index contributed by atoms with van der Waals surface area (Å²) in [6.45, 7) is 2.67. The molecule has 2 aliphatic heterocycles. The summed E-state index contributed by atoms with van der Waals surface area (Å²) in [7, 11) is 0. The zero-order valence-corrected chi connectivity index (χ0v) is 23.1. The first kappa shape index (κ1) is 26.7. The molecule has 4 heterocycles. The van der Waals surface area contributed by atoms with Gasteiger partial charge in [-0.1, -0.05) is 60.7 Å². The largest absolute Gasteiger partial charge is 0.462 e. The Morgan fingerprint density at radius 3 is 2.58 bits per heavy atom. The van der Waals surface area contributed by atoms with E-state index in [-0.39, 0.29) is 19.5 Å². The van der Waals surface area contributed by atoms with Crippen LogP contribution in [0.1, 0.15) is 18.4 Å². The fourth-order valence-electron chi connectivity index (χ4n) is 5.30. The Labute approximate surface area is 238 Å². The average Bonchev–Trinajstić information content (AvgIpc) is 3.70. The van der Waals surface area contributed by atoms with Crippen LogP contribution in [-0.4, -0.2) is 66.4 Å². The van der Waals surface area contributed by atoms with Crippen molar-refractivity contribution in [2.24, 2.45) is 0 Å². The third-order valence-electron chi connectivity index (χ3n) is 7.44. The van der Waals surface area contributed by atoms with E-state index in [1.165, 1.54) is 11.1 Å². The topological polar surface area (TPSA) is 89.0 Å². The second kappa shape index (κ2) is 12.8. The highest BCUT2D eigenvalue weighted by atomic mass is 32.1. The highest BCUT2D eigenvalue weighted by Crippen LogP contribution is 2.38. The minimum Gasteiger partial charge on any atom is -0.462 e. The molecule has 4 aromatic rings. The number of nitrogens with one attached hydrogen (secondary N) is 1. The second-order valence-corrected chi connectivity index (χ2v) is 11.0. The van der Waals surface area contributed by atoms with Crippen molar-refractivity contribution in [3.05, 3.63) is 90.0 Å². The van der Waals surface area contributed by atoms with Gasteiger partial charge in [0.05, 0.1) is 18.1 Å². The van der Waals surface area contributed by atoms with Crippen molar-refractivity contribution >= 4 is 27.4 Å². The fourth-order valence-corrected chi connectivity index (χ4v) is 6.21. The third kappa shape index (κ3) is 6.28. The number of aromatic nitrogens is 2. The van der Waals surface area contributed by atoms with E-state index < -0.39 is 6.10 Å². The standard InChI is InChI=1S/C31H34N4O4S/c36-25(17-38-27(28-18-37-21-39-28)15-22-7-3-1-4-8-22)16-32-24-11-13-35(14-12-24)30-29-26(23-9-5-2-6-10-23)19-40-31(29)34-20-33-30/h1-10,18-20,24-25,27,32,36H,11-17,21H2. The van der Waals surface area contributed by atoms with E-state index in [4.69, 9.17) is 19.2 Å². The van der Waals surface area contributed by atoms with Gasteiger partial charge in [-0.15, -0.1) is 11.3 Å². The van der Waals surface area contributed by atoms with Crippen molar-refractivity contribution in [3.8, 4) is 11.1 Å². The SMILES string of the molecule is OC(CNC1CCN(c2ncnc3scc(-c4ccccc4)c23)CC1)COC(Cc1ccccc1)C1=COCO1. The molecule has 6 rings (SSSR count). The predicted octanol–water partition coefficient (Wildman–Crippen LogP) is 4.75. The average molecular weight is 559 g/mol. The van der Waals surface area contributed by atoms with Gasteiger partial charge in [-0.25, -0.2) is 9.97 Å². The van der Waals surface area contributed by atoms with E-state index >= 15 is 0 Å². The van der Waals surface area contributed by atoms with Crippen molar-refractivity contribution in [2.75, 3.05) is 37.9 Å². The number of aliphatic hydroxyl groups is 1. The Balaban J connectivity index is 1.01. The maximum atomic E-state index is 10.7. The van der Waals surface area contributed by atoms with Crippen LogP contribution in [0.15, 0.2) is 84.4 Å². The minimum atomic E-state index is -0.625. The van der Waals surface area contributed by atoms with Gasteiger partial charge in [0.2, 0.25) is 6.79 Å². The molecule has 0 radical (unpaired) electrons. The van der Waals surface area contributed by atoms with Crippen molar-refractivity contribution < 1.29 is 19.3 Å². The summed E-state index contributed by atoms with van der Waals surface area (Å²) in [6.07, 6.45) is 4.95. The van der Waals surface area contributed by atoms with Crippen molar-refractivity contribution in [2.45, 2.75) is 37.5 Å². The molecule has 9 heteroatoms. The molecule has 0 spiro atoms. The Morgan fingerprint density at radius 2 is 1.82 bits per heavy atom. The Bertz CT molecular complexity index is 1410. The third-order valence-corrected chi connectivity index (χ3v) is 8.32. The number of thiophene rings is 1. The molecule has 2 atom stereocenters. The number of ether oxygens (including phenoxy) is 3. The molecule has 2 N–H and O–H groups in total. The lowest BCUT2D eigenvalue weighted by molar-refractivity contribution is -0.0225. The highest BCUT2D eigenvalue weighted by molar-refractivity contribution is 7.17. The molecule has 0 amide bonds. The van der Waals surface area contributed by atoms with Crippen LogP contribution in [0, 0.1) is 0 Å². The molecule has 2 aromatic heterocycles. The molecule has 2 unspecified atom stereocenters. The highest BCUT2D eigenvalue weighted by Gasteiger charge is 2.25. The molecule has 0 bridgehead atoms. The minimum absolute atomic E-state index is 0.202. The molecular formula is C31H34N4O4S. The van der Waals surface area contributed by atoms with E-state index in [0.29, 0.717) is 24.8 Å². The molecule has 208 valence electrons. The summed E-state index contributed by atoms with van der Waals surface area (Å²) in [4.78, 5) is 12.6. The molecular weight excluding hydrogens is 524 g/mol. The van der Waals surface area contributed by atoms with Crippen molar-refractivity contribution in [1.82, 2.24) is 15.3 Å². The Hall–Kier alpha value is -3.50. The molecule has 0 aliphatic carbocycles. The fraction of sp³-hybridized carbons (Fsp3) is 0.355. The lowest BCUT2D eigenvalue weighted by Gasteiger charge is -2.34. The van der Waals surface area contributed by atoms with Crippen LogP contribution < -0.4 is 10.2 Å². The van der Waals surface area contributed by atoms with Gasteiger partial charge in [-0.05, 0) is 24.0 Å². The maximum absolute atomic E-state index is 10.7. The van der Waals surface area contributed by atoms with E-state index in [1.54, 1.807) is 23.9 Å². The van der Waals surface area contributed by atoms with E-state index in [9.17, 15) is 5.11 Å². The predicted molar refractivity (Wildman–Crippen MR) is 157 cm³/mol. The summed E-state index contributed by atoms with van der Waals surface area (Å²) in [6, 6.07) is 20.9. The number of rotatable bonds is 11. The first-order valence-electron chi connectivity index (χ1n) is 13.8. The van der Waals surface area contributed by atoms with Crippen molar-refractivity contribution in [1.29, 1.82) is 0 Å². The summed E-state index contributed by atoms with van der Waals surface area (Å²) in [5.41, 5.74) is 3.52. The number of piperidine rings is 1. The number of benzene rings is 2. The molecule has 2 aliphatic rings. The van der Waals surface area contributed by atoms with Crippen LogP contribution in [0.5, 0.6) is 0 Å². The van der Waals surface area contributed by atoms with Gasteiger partial charge >= 0.3 is 0 Å². The molecule has 1 saturated heterocycles. The van der Waals surface area contributed by atoms with Gasteiger partial charge in [0.15, 0.2) is 5.76 Å². The number of aliphatic hydroxyl groups excluding tert-OH is 1. The summed E-state index contributed by atoms with van der Waals surface area (Å²) in [5.74, 6) is 1.67. The number of hydrogen-bond acceptors (Lipinski definition) is 9. The Morgan fingerprint density at radius 1 is 1.05 bits per heavy atom. The molecule has 1 fully saturated rings. The lowest BCUT2D eigenvalue weighted by atomic mass is 10.0. The van der Waals surface area contributed by atoms with Gasteiger partial charge in [0.25, 0.3) is 0 Å². The molecule has 8 nitrogen and oxygen atoms in total. The number of anilines is 1. The smallest absolute Gasteiger partial charge is 0.230 e. The summed E-state index contributed by atoms with van der Waals surface area (Å²) >= 11 is 1.67. The van der Waals surface area contributed by atoms with Gasteiger partial charge < -0.3 is 29.5 Å². The maximum Gasteiger partial charge on any atom is 0.230 e. The van der Waals surface area contributed by atoms with Crippen LogP contribution in [0.2, 0.25) is 0 Å². The number of hydrogen-bond donors (Lipinski definition) is 2. The number of fused-ring (bicyclic) bond motifs is 1. The zero-order chi connectivity index (χ0) is 27.1. The van der Waals surface area contributed by atoms with Crippen LogP contribution in [-0.2, 0) is 20.6 Å². The monoisotopic (exact) mass is 558 g/mol. The second-order valence-electron chi connectivity index (χ2n) is 10.2. The van der Waals surface area contributed by atoms with Crippen LogP contribution in [0.4, 0.5) is 5.82 Å². The summed E-state index contributed by atoms with van der Waals surface area (Å²) < 4.78 is 16.9. The van der Waals surface area contributed by atoms with Gasteiger partial charge in [-0.2, -0.15) is 0 Å². The quantitative estimate of drug-likeness (QED) is 0.273. The van der Waals surface area contributed by atoms with Crippen LogP contribution >= 0.6 is 11.3 Å². The first-order valence-corrected chi connectivity index (χ1v) is 14.7. The van der Waals surface area contributed by atoms with Crippen molar-refractivity contribution in [3.63, 3.8) is 0 Å². The molecule has 40 heavy (non-hydrogen) atoms. The van der Waals surface area contributed by atoms with Gasteiger partial charge in [-0.3, -0.25) is 0 Å². The zero-order valence-electron chi connectivity index (χ0n) is 22.3. The van der Waals surface area contributed by atoms with Gasteiger partial charge in [0, 0.05) is 43.0 Å². The Kier molecular flexibility index (Phi) is 8.53. The number of nitrogens with zero attached hydrogens (tertiary/aromatic N) is 3. The van der Waals surface area contributed by atoms with Crippen LogP contribution in [0.3, 0.4) is 0 Å². The van der Waals surface area contributed by atoms with E-state index in [2.05, 4.69) is 57.0 Å². The normalized spacial score (nSPS) is 17.3. The van der Waals surface area contributed by atoms with Crippen LogP contribution in [0.25, 0.3) is 21.3 Å². The summed E-state index contributed by atoms with van der Waals surface area (Å²) in [5, 5.41) is 17.6. The molecule has 0 saturated carbocycles. The molecule has 2 aromatic carbocycles. The van der Waals surface area contributed by atoms with Gasteiger partial charge in [0.1, 0.15) is 29.3 Å².